The minimum Gasteiger partial charge on any atom is -0.396 e. The number of hydrogen-bond donors (Lipinski definition) is 1. The lowest BCUT2D eigenvalue weighted by atomic mass is 10.2. The highest BCUT2D eigenvalue weighted by Crippen LogP contribution is 2.25. The summed E-state index contributed by atoms with van der Waals surface area (Å²) in [6.07, 6.45) is 5.49. The molecule has 1 aromatic rings. The number of rotatable bonds is 2. The minimum absolute atomic E-state index is 0.334. The van der Waals surface area contributed by atoms with Crippen LogP contribution in [0.4, 0.5) is 11.5 Å². The number of aromatic nitrogens is 1. The van der Waals surface area contributed by atoms with Gasteiger partial charge in [0.05, 0.1) is 5.69 Å². The molecule has 2 N–H and O–H groups in total. The molecule has 1 aromatic heterocycles. The molecule has 5 heteroatoms. The van der Waals surface area contributed by atoms with E-state index in [1.54, 1.807) is 6.07 Å². The summed E-state index contributed by atoms with van der Waals surface area (Å²) in [6, 6.07) is 6.55. The molecule has 0 spiro atoms. The molecule has 0 bridgehead atoms. The van der Waals surface area contributed by atoms with E-state index in [0.29, 0.717) is 11.4 Å². The maximum absolute atomic E-state index is 9.01. The molecule has 1 saturated carbocycles. The SMILES string of the molecule is N#Cc1nc(N2CCN(C3CCCC3)CC2)ccc1N. The third kappa shape index (κ3) is 2.56. The Bertz CT molecular complexity index is 507. The molecule has 3 rings (SSSR count). The zero-order valence-electron chi connectivity index (χ0n) is 11.8. The normalized spacial score (nSPS) is 21.1. The highest BCUT2D eigenvalue weighted by Gasteiger charge is 2.26. The molecule has 1 saturated heterocycles. The van der Waals surface area contributed by atoms with Crippen LogP contribution in [-0.4, -0.2) is 42.1 Å². The number of anilines is 2. The fraction of sp³-hybridized carbons (Fsp3) is 0.600. The van der Waals surface area contributed by atoms with E-state index in [9.17, 15) is 0 Å². The molecule has 2 aliphatic rings. The summed E-state index contributed by atoms with van der Waals surface area (Å²) in [7, 11) is 0. The largest absolute Gasteiger partial charge is 0.396 e. The van der Waals surface area contributed by atoms with Gasteiger partial charge in [-0.1, -0.05) is 12.8 Å². The lowest BCUT2D eigenvalue weighted by molar-refractivity contribution is 0.187. The van der Waals surface area contributed by atoms with Crippen molar-refractivity contribution in [3.63, 3.8) is 0 Å². The van der Waals surface area contributed by atoms with Gasteiger partial charge in [-0.25, -0.2) is 4.98 Å². The van der Waals surface area contributed by atoms with E-state index in [0.717, 1.165) is 38.0 Å². The lowest BCUT2D eigenvalue weighted by Crippen LogP contribution is -2.50. The van der Waals surface area contributed by atoms with Crippen molar-refractivity contribution in [3.8, 4) is 6.07 Å². The Labute approximate surface area is 120 Å². The van der Waals surface area contributed by atoms with Crippen LogP contribution in [0.25, 0.3) is 0 Å². The van der Waals surface area contributed by atoms with Gasteiger partial charge in [0.25, 0.3) is 0 Å². The summed E-state index contributed by atoms with van der Waals surface area (Å²) in [5.74, 6) is 0.877. The van der Waals surface area contributed by atoms with Crippen LogP contribution >= 0.6 is 0 Å². The predicted molar refractivity (Wildman–Crippen MR) is 79.4 cm³/mol. The highest BCUT2D eigenvalue weighted by atomic mass is 15.3. The molecule has 5 nitrogen and oxygen atoms in total. The van der Waals surface area contributed by atoms with Gasteiger partial charge in [-0.15, -0.1) is 0 Å². The number of nitrogens with zero attached hydrogens (tertiary/aromatic N) is 4. The summed E-state index contributed by atoms with van der Waals surface area (Å²) in [4.78, 5) is 9.23. The Morgan fingerprint density at radius 3 is 2.50 bits per heavy atom. The van der Waals surface area contributed by atoms with Crippen LogP contribution in [0.2, 0.25) is 0 Å². The van der Waals surface area contributed by atoms with Gasteiger partial charge in [0.1, 0.15) is 11.9 Å². The van der Waals surface area contributed by atoms with Crippen molar-refractivity contribution in [3.05, 3.63) is 17.8 Å². The minimum atomic E-state index is 0.334. The molecular weight excluding hydrogens is 250 g/mol. The number of pyridine rings is 1. The van der Waals surface area contributed by atoms with Crippen molar-refractivity contribution < 1.29 is 0 Å². The Balaban J connectivity index is 1.64. The van der Waals surface area contributed by atoms with E-state index >= 15 is 0 Å². The van der Waals surface area contributed by atoms with Gasteiger partial charge in [-0.05, 0) is 25.0 Å². The topological polar surface area (TPSA) is 69.2 Å². The van der Waals surface area contributed by atoms with Crippen LogP contribution in [0, 0.1) is 11.3 Å². The van der Waals surface area contributed by atoms with Gasteiger partial charge >= 0.3 is 0 Å². The second-order valence-electron chi connectivity index (χ2n) is 5.68. The van der Waals surface area contributed by atoms with Crippen molar-refractivity contribution in [1.29, 1.82) is 5.26 Å². The van der Waals surface area contributed by atoms with E-state index in [1.807, 2.05) is 6.07 Å². The van der Waals surface area contributed by atoms with E-state index < -0.39 is 0 Å². The summed E-state index contributed by atoms with van der Waals surface area (Å²) in [5.41, 5.74) is 6.52. The fourth-order valence-electron chi connectivity index (χ4n) is 3.31. The zero-order chi connectivity index (χ0) is 13.9. The molecule has 1 aliphatic carbocycles. The van der Waals surface area contributed by atoms with Crippen LogP contribution in [-0.2, 0) is 0 Å². The van der Waals surface area contributed by atoms with Crippen molar-refractivity contribution in [2.24, 2.45) is 0 Å². The van der Waals surface area contributed by atoms with Gasteiger partial charge < -0.3 is 10.6 Å². The summed E-state index contributed by atoms with van der Waals surface area (Å²) >= 11 is 0. The van der Waals surface area contributed by atoms with Gasteiger partial charge in [0.15, 0.2) is 5.69 Å². The first kappa shape index (κ1) is 13.2. The van der Waals surface area contributed by atoms with Crippen molar-refractivity contribution >= 4 is 11.5 Å². The Kier molecular flexibility index (Phi) is 3.75. The van der Waals surface area contributed by atoms with Crippen LogP contribution in [0.1, 0.15) is 31.4 Å². The molecule has 1 aliphatic heterocycles. The molecule has 0 unspecified atom stereocenters. The maximum atomic E-state index is 9.01. The maximum Gasteiger partial charge on any atom is 0.165 e. The second kappa shape index (κ2) is 5.68. The van der Waals surface area contributed by atoms with Crippen molar-refractivity contribution in [2.45, 2.75) is 31.7 Å². The molecule has 0 aromatic carbocycles. The Hall–Kier alpha value is -1.80. The van der Waals surface area contributed by atoms with Crippen LogP contribution in [0.5, 0.6) is 0 Å². The van der Waals surface area contributed by atoms with Gasteiger partial charge in [0, 0.05) is 32.2 Å². The molecule has 0 amide bonds. The number of nitrogen functional groups attached to an aromatic ring is 1. The van der Waals surface area contributed by atoms with Crippen LogP contribution in [0.15, 0.2) is 12.1 Å². The van der Waals surface area contributed by atoms with Gasteiger partial charge in [0.2, 0.25) is 0 Å². The smallest absolute Gasteiger partial charge is 0.165 e. The molecule has 2 heterocycles. The van der Waals surface area contributed by atoms with Crippen LogP contribution in [0.3, 0.4) is 0 Å². The molecule has 0 radical (unpaired) electrons. The first-order valence-corrected chi connectivity index (χ1v) is 7.43. The molecule has 106 valence electrons. The first-order valence-electron chi connectivity index (χ1n) is 7.43. The van der Waals surface area contributed by atoms with Gasteiger partial charge in [-0.2, -0.15) is 5.26 Å². The van der Waals surface area contributed by atoms with E-state index in [-0.39, 0.29) is 0 Å². The first-order chi connectivity index (χ1) is 9.78. The number of nitrogens with two attached hydrogens (primary N) is 1. The standard InChI is InChI=1S/C15H21N5/c16-11-14-13(17)5-6-15(18-14)20-9-7-19(8-10-20)12-3-1-2-4-12/h5-6,12H,1-4,7-10,17H2. The summed E-state index contributed by atoms with van der Waals surface area (Å²) in [5, 5.41) is 9.01. The predicted octanol–water partition coefficient (Wildman–Crippen LogP) is 1.60. The third-order valence-corrected chi connectivity index (χ3v) is 4.50. The quantitative estimate of drug-likeness (QED) is 0.884. The highest BCUT2D eigenvalue weighted by molar-refractivity contribution is 5.55. The monoisotopic (exact) mass is 271 g/mol. The molecular formula is C15H21N5. The molecule has 20 heavy (non-hydrogen) atoms. The summed E-state index contributed by atoms with van der Waals surface area (Å²) < 4.78 is 0. The Morgan fingerprint density at radius 2 is 1.85 bits per heavy atom. The van der Waals surface area contributed by atoms with E-state index in [4.69, 9.17) is 11.0 Å². The van der Waals surface area contributed by atoms with E-state index in [2.05, 4.69) is 20.9 Å². The van der Waals surface area contributed by atoms with Crippen molar-refractivity contribution in [1.82, 2.24) is 9.88 Å². The summed E-state index contributed by atoms with van der Waals surface area (Å²) in [6.45, 7) is 4.16. The fourth-order valence-corrected chi connectivity index (χ4v) is 3.31. The van der Waals surface area contributed by atoms with Crippen molar-refractivity contribution in [2.75, 3.05) is 36.8 Å². The second-order valence-corrected chi connectivity index (χ2v) is 5.68. The zero-order valence-corrected chi connectivity index (χ0v) is 11.8. The van der Waals surface area contributed by atoms with E-state index in [1.165, 1.54) is 25.7 Å². The molecule has 0 atom stereocenters. The number of hydrogen-bond acceptors (Lipinski definition) is 5. The number of piperazine rings is 1. The third-order valence-electron chi connectivity index (χ3n) is 4.50. The average Bonchev–Trinajstić information content (AvgIpc) is 3.02. The van der Waals surface area contributed by atoms with Gasteiger partial charge in [-0.3, -0.25) is 4.90 Å². The van der Waals surface area contributed by atoms with Crippen LogP contribution < -0.4 is 10.6 Å². The number of nitriles is 1. The lowest BCUT2D eigenvalue weighted by Gasteiger charge is -2.38. The molecule has 2 fully saturated rings. The average molecular weight is 271 g/mol. The Morgan fingerprint density at radius 1 is 1.15 bits per heavy atom.